The van der Waals surface area contributed by atoms with Crippen molar-refractivity contribution >= 4 is 0 Å². The van der Waals surface area contributed by atoms with Gasteiger partial charge < -0.3 is 9.64 Å². The van der Waals surface area contributed by atoms with E-state index in [2.05, 4.69) is 32.8 Å². The second-order valence-corrected chi connectivity index (χ2v) is 3.89. The molecule has 1 aliphatic rings. The van der Waals surface area contributed by atoms with Gasteiger partial charge in [0, 0.05) is 6.04 Å². The molecule has 2 nitrogen and oxygen atoms in total. The van der Waals surface area contributed by atoms with Gasteiger partial charge in [0.25, 0.3) is 0 Å². The summed E-state index contributed by atoms with van der Waals surface area (Å²) in [4.78, 5) is 2.23. The minimum Gasteiger partial charge on any atom is -0.374 e. The molecule has 0 amide bonds. The minimum absolute atomic E-state index is 0.106. The second kappa shape index (κ2) is 2.51. The first-order valence-corrected chi connectivity index (χ1v) is 3.82. The van der Waals surface area contributed by atoms with Crippen LogP contribution < -0.4 is 0 Å². The van der Waals surface area contributed by atoms with Crippen molar-refractivity contribution in [3.63, 3.8) is 0 Å². The standard InChI is InChI=1S/C8H17NO/c1-8(2)5-7(6-10-8)9(3)4/h7H,5-6H2,1-4H3. The Morgan fingerprint density at radius 3 is 2.20 bits per heavy atom. The van der Waals surface area contributed by atoms with E-state index in [-0.39, 0.29) is 5.60 Å². The molecule has 0 radical (unpaired) electrons. The van der Waals surface area contributed by atoms with Crippen molar-refractivity contribution in [2.75, 3.05) is 20.7 Å². The van der Waals surface area contributed by atoms with E-state index >= 15 is 0 Å². The first kappa shape index (κ1) is 8.02. The lowest BCUT2D eigenvalue weighted by atomic mass is 10.0. The van der Waals surface area contributed by atoms with E-state index in [1.807, 2.05) is 0 Å². The van der Waals surface area contributed by atoms with Crippen molar-refractivity contribution in [3.8, 4) is 0 Å². The number of ether oxygens (including phenoxy) is 1. The van der Waals surface area contributed by atoms with Crippen molar-refractivity contribution in [1.29, 1.82) is 0 Å². The molecule has 2 heteroatoms. The molecule has 1 aliphatic heterocycles. The molecular weight excluding hydrogens is 126 g/mol. The van der Waals surface area contributed by atoms with Crippen molar-refractivity contribution < 1.29 is 4.74 Å². The molecule has 1 unspecified atom stereocenters. The third-order valence-corrected chi connectivity index (χ3v) is 2.12. The average Bonchev–Trinajstić information content (AvgIpc) is 2.10. The predicted octanol–water partition coefficient (Wildman–Crippen LogP) is 1.12. The topological polar surface area (TPSA) is 12.5 Å². The maximum absolute atomic E-state index is 5.57. The Balaban J connectivity index is 2.43. The van der Waals surface area contributed by atoms with E-state index in [1.54, 1.807) is 0 Å². The van der Waals surface area contributed by atoms with E-state index in [0.717, 1.165) is 13.0 Å². The zero-order valence-electron chi connectivity index (χ0n) is 7.35. The molecule has 1 saturated heterocycles. The smallest absolute Gasteiger partial charge is 0.0643 e. The third kappa shape index (κ3) is 1.70. The largest absolute Gasteiger partial charge is 0.374 e. The van der Waals surface area contributed by atoms with Crippen LogP contribution in [0, 0.1) is 0 Å². The van der Waals surface area contributed by atoms with E-state index in [4.69, 9.17) is 4.74 Å². The molecule has 0 N–H and O–H groups in total. The van der Waals surface area contributed by atoms with Gasteiger partial charge in [-0.15, -0.1) is 0 Å². The average molecular weight is 143 g/mol. The van der Waals surface area contributed by atoms with Crippen LogP contribution in [0.3, 0.4) is 0 Å². The summed E-state index contributed by atoms with van der Waals surface area (Å²) in [7, 11) is 4.21. The zero-order chi connectivity index (χ0) is 7.78. The lowest BCUT2D eigenvalue weighted by Gasteiger charge is -2.19. The van der Waals surface area contributed by atoms with Crippen LogP contribution in [0.15, 0.2) is 0 Å². The number of hydrogen-bond acceptors (Lipinski definition) is 2. The summed E-state index contributed by atoms with van der Waals surface area (Å²) in [6.45, 7) is 5.19. The quantitative estimate of drug-likeness (QED) is 0.545. The lowest BCUT2D eigenvalue weighted by molar-refractivity contribution is 0.0341. The number of nitrogens with zero attached hydrogens (tertiary/aromatic N) is 1. The number of hydrogen-bond donors (Lipinski definition) is 0. The van der Waals surface area contributed by atoms with Crippen LogP contribution in [-0.2, 0) is 4.74 Å². The fraction of sp³-hybridized carbons (Fsp3) is 1.00. The van der Waals surface area contributed by atoms with Crippen molar-refractivity contribution in [2.45, 2.75) is 31.9 Å². The van der Waals surface area contributed by atoms with Gasteiger partial charge >= 0.3 is 0 Å². The van der Waals surface area contributed by atoms with E-state index in [1.165, 1.54) is 0 Å². The summed E-state index contributed by atoms with van der Waals surface area (Å²) >= 11 is 0. The Morgan fingerprint density at radius 1 is 1.40 bits per heavy atom. The fourth-order valence-corrected chi connectivity index (χ4v) is 1.34. The zero-order valence-corrected chi connectivity index (χ0v) is 7.35. The SMILES string of the molecule is CN(C)C1COC(C)(C)C1. The van der Waals surface area contributed by atoms with Crippen molar-refractivity contribution in [2.24, 2.45) is 0 Å². The molecule has 0 aromatic heterocycles. The van der Waals surface area contributed by atoms with Gasteiger partial charge in [0.1, 0.15) is 0 Å². The molecule has 1 heterocycles. The highest BCUT2D eigenvalue weighted by Crippen LogP contribution is 2.26. The number of rotatable bonds is 1. The van der Waals surface area contributed by atoms with Gasteiger partial charge in [-0.2, -0.15) is 0 Å². The van der Waals surface area contributed by atoms with Gasteiger partial charge in [-0.3, -0.25) is 0 Å². The van der Waals surface area contributed by atoms with Gasteiger partial charge in [0.15, 0.2) is 0 Å². The molecule has 0 spiro atoms. The first-order chi connectivity index (χ1) is 4.51. The minimum atomic E-state index is 0.106. The molecule has 1 atom stereocenters. The van der Waals surface area contributed by atoms with E-state index < -0.39 is 0 Å². The molecule has 0 aromatic carbocycles. The van der Waals surface area contributed by atoms with Crippen molar-refractivity contribution in [1.82, 2.24) is 4.90 Å². The lowest BCUT2D eigenvalue weighted by Crippen LogP contribution is -2.29. The normalized spacial score (nSPS) is 31.5. The Labute approximate surface area is 63.2 Å². The maximum Gasteiger partial charge on any atom is 0.0643 e. The van der Waals surface area contributed by atoms with Crippen molar-refractivity contribution in [3.05, 3.63) is 0 Å². The molecule has 1 rings (SSSR count). The van der Waals surface area contributed by atoms with Crippen LogP contribution in [-0.4, -0.2) is 37.2 Å². The fourth-order valence-electron chi connectivity index (χ4n) is 1.34. The highest BCUT2D eigenvalue weighted by atomic mass is 16.5. The highest BCUT2D eigenvalue weighted by molar-refractivity contribution is 4.84. The molecule has 0 aromatic rings. The van der Waals surface area contributed by atoms with E-state index in [9.17, 15) is 0 Å². The molecule has 10 heavy (non-hydrogen) atoms. The van der Waals surface area contributed by atoms with Crippen LogP contribution in [0.4, 0.5) is 0 Å². The van der Waals surface area contributed by atoms with Crippen LogP contribution in [0.1, 0.15) is 20.3 Å². The summed E-state index contributed by atoms with van der Waals surface area (Å²) in [5.74, 6) is 0. The van der Waals surface area contributed by atoms with Gasteiger partial charge in [-0.1, -0.05) is 0 Å². The van der Waals surface area contributed by atoms with Gasteiger partial charge in [0.05, 0.1) is 12.2 Å². The maximum atomic E-state index is 5.57. The molecular formula is C8H17NO. The third-order valence-electron chi connectivity index (χ3n) is 2.12. The highest BCUT2D eigenvalue weighted by Gasteiger charge is 2.32. The molecule has 60 valence electrons. The predicted molar refractivity (Wildman–Crippen MR) is 42.1 cm³/mol. The Bertz CT molecular complexity index is 120. The molecule has 0 bridgehead atoms. The van der Waals surface area contributed by atoms with E-state index in [0.29, 0.717) is 6.04 Å². The van der Waals surface area contributed by atoms with Gasteiger partial charge in [-0.25, -0.2) is 0 Å². The summed E-state index contributed by atoms with van der Waals surface area (Å²) in [6.07, 6.45) is 1.15. The Kier molecular flexibility index (Phi) is 2.02. The summed E-state index contributed by atoms with van der Waals surface area (Å²) in [6, 6.07) is 0.620. The summed E-state index contributed by atoms with van der Waals surface area (Å²) in [5.41, 5.74) is 0.106. The number of likely N-dealkylation sites (N-methyl/N-ethyl adjacent to an activating group) is 1. The first-order valence-electron chi connectivity index (χ1n) is 3.82. The molecule has 1 fully saturated rings. The van der Waals surface area contributed by atoms with Crippen LogP contribution in [0.25, 0.3) is 0 Å². The molecule has 0 aliphatic carbocycles. The van der Waals surface area contributed by atoms with Crippen LogP contribution in [0.5, 0.6) is 0 Å². The van der Waals surface area contributed by atoms with Gasteiger partial charge in [-0.05, 0) is 34.4 Å². The summed E-state index contributed by atoms with van der Waals surface area (Å²) in [5, 5.41) is 0. The Hall–Kier alpha value is -0.0800. The Morgan fingerprint density at radius 2 is 2.00 bits per heavy atom. The second-order valence-electron chi connectivity index (χ2n) is 3.89. The summed E-state index contributed by atoms with van der Waals surface area (Å²) < 4.78 is 5.57. The van der Waals surface area contributed by atoms with Crippen LogP contribution >= 0.6 is 0 Å². The molecule has 0 saturated carbocycles. The van der Waals surface area contributed by atoms with Crippen LogP contribution in [0.2, 0.25) is 0 Å². The van der Waals surface area contributed by atoms with Gasteiger partial charge in [0.2, 0.25) is 0 Å². The monoisotopic (exact) mass is 143 g/mol.